The molecule has 1 saturated heterocycles. The highest BCUT2D eigenvalue weighted by molar-refractivity contribution is 7.99. The number of thioether (sulfide) groups is 1. The number of amides is 1. The van der Waals surface area contributed by atoms with Gasteiger partial charge in [-0.1, -0.05) is 24.6 Å². The number of carbonyl (C=O) groups is 2. The van der Waals surface area contributed by atoms with Crippen LogP contribution in [-0.4, -0.2) is 57.2 Å². The zero-order chi connectivity index (χ0) is 23.7. The molecule has 1 aliphatic rings. The second-order valence-corrected chi connectivity index (χ2v) is 10.6. The van der Waals surface area contributed by atoms with Crippen molar-refractivity contribution in [3.05, 3.63) is 48.5 Å². The van der Waals surface area contributed by atoms with Gasteiger partial charge in [-0.3, -0.25) is 9.59 Å². The van der Waals surface area contributed by atoms with Crippen molar-refractivity contribution in [2.45, 2.75) is 35.5 Å². The van der Waals surface area contributed by atoms with Crippen molar-refractivity contribution >= 4 is 39.3 Å². The quantitative estimate of drug-likeness (QED) is 0.400. The molecule has 0 atom stereocenters. The molecule has 0 spiro atoms. The third-order valence-electron chi connectivity index (χ3n) is 5.08. The first kappa shape index (κ1) is 25.1. The van der Waals surface area contributed by atoms with Crippen LogP contribution in [0.15, 0.2) is 58.3 Å². The first-order valence-electron chi connectivity index (χ1n) is 10.7. The monoisotopic (exact) mass is 492 g/mol. The Bertz CT molecular complexity index is 1050. The Morgan fingerprint density at radius 2 is 1.79 bits per heavy atom. The van der Waals surface area contributed by atoms with Crippen LogP contribution in [-0.2, 0) is 24.3 Å². The lowest BCUT2D eigenvalue weighted by molar-refractivity contribution is -0.146. The number of hydrogen-bond donors (Lipinski definition) is 1. The second kappa shape index (κ2) is 12.1. The summed E-state index contributed by atoms with van der Waals surface area (Å²) in [5.41, 5.74) is 0.205. The molecule has 1 aliphatic heterocycles. The molecule has 1 amide bonds. The van der Waals surface area contributed by atoms with Gasteiger partial charge in [-0.05, 0) is 43.2 Å². The van der Waals surface area contributed by atoms with Crippen LogP contribution in [0, 0.1) is 0 Å². The van der Waals surface area contributed by atoms with E-state index in [4.69, 9.17) is 9.47 Å². The molecule has 178 valence electrons. The summed E-state index contributed by atoms with van der Waals surface area (Å²) >= 11 is 1.53. The van der Waals surface area contributed by atoms with E-state index in [0.29, 0.717) is 24.6 Å². The number of nitrogens with one attached hydrogen (secondary N) is 1. The summed E-state index contributed by atoms with van der Waals surface area (Å²) in [5, 5.41) is 2.58. The van der Waals surface area contributed by atoms with Crippen molar-refractivity contribution in [2.24, 2.45) is 0 Å². The van der Waals surface area contributed by atoms with Gasteiger partial charge in [0.05, 0.1) is 24.1 Å². The highest BCUT2D eigenvalue weighted by Gasteiger charge is 2.27. The zero-order valence-electron chi connectivity index (χ0n) is 18.5. The number of rotatable bonds is 10. The SMILES string of the molecule is COc1ccc(S(=O)(=O)N2CCCCC2)cc1NC(=O)COC(=O)CCSc1ccccc1. The third kappa shape index (κ3) is 7.21. The highest BCUT2D eigenvalue weighted by atomic mass is 32.2. The number of hydrogen-bond acceptors (Lipinski definition) is 7. The Morgan fingerprint density at radius 1 is 1.06 bits per heavy atom. The average molecular weight is 493 g/mol. The number of sulfonamides is 1. The van der Waals surface area contributed by atoms with Gasteiger partial charge in [0.15, 0.2) is 6.61 Å². The standard InChI is InChI=1S/C23H28N2O6S2/c1-30-21-11-10-19(33(28,29)25-13-6-3-7-14-25)16-20(21)24-22(26)17-31-23(27)12-15-32-18-8-4-2-5-9-18/h2,4-5,8-11,16H,3,6-7,12-15,17H2,1H3,(H,24,26). The van der Waals surface area contributed by atoms with Gasteiger partial charge in [-0.15, -0.1) is 11.8 Å². The van der Waals surface area contributed by atoms with Gasteiger partial charge in [0.25, 0.3) is 5.91 Å². The topological polar surface area (TPSA) is 102 Å². The molecule has 2 aromatic carbocycles. The van der Waals surface area contributed by atoms with E-state index >= 15 is 0 Å². The fourth-order valence-electron chi connectivity index (χ4n) is 3.37. The van der Waals surface area contributed by atoms with E-state index in [-0.39, 0.29) is 17.0 Å². The van der Waals surface area contributed by atoms with E-state index in [1.807, 2.05) is 30.3 Å². The molecule has 0 aromatic heterocycles. The maximum Gasteiger partial charge on any atom is 0.307 e. The van der Waals surface area contributed by atoms with E-state index in [0.717, 1.165) is 24.2 Å². The number of methoxy groups -OCH3 is 1. The zero-order valence-corrected chi connectivity index (χ0v) is 20.1. The van der Waals surface area contributed by atoms with Gasteiger partial charge in [0.1, 0.15) is 5.75 Å². The van der Waals surface area contributed by atoms with Crippen LogP contribution in [0.3, 0.4) is 0 Å². The minimum absolute atomic E-state index is 0.0791. The first-order chi connectivity index (χ1) is 15.9. The molecular weight excluding hydrogens is 464 g/mol. The number of nitrogens with zero attached hydrogens (tertiary/aromatic N) is 1. The summed E-state index contributed by atoms with van der Waals surface area (Å²) in [7, 11) is -2.24. The van der Waals surface area contributed by atoms with E-state index in [1.54, 1.807) is 0 Å². The lowest BCUT2D eigenvalue weighted by atomic mass is 10.2. The van der Waals surface area contributed by atoms with Gasteiger partial charge in [-0.2, -0.15) is 4.31 Å². The molecule has 2 aromatic rings. The maximum atomic E-state index is 12.9. The van der Waals surface area contributed by atoms with E-state index in [1.165, 1.54) is 41.4 Å². The molecule has 8 nitrogen and oxygen atoms in total. The number of anilines is 1. The van der Waals surface area contributed by atoms with Crippen LogP contribution in [0.4, 0.5) is 5.69 Å². The van der Waals surface area contributed by atoms with Gasteiger partial charge in [0.2, 0.25) is 10.0 Å². The predicted octanol–water partition coefficient (Wildman–Crippen LogP) is 3.53. The van der Waals surface area contributed by atoms with Crippen molar-refractivity contribution < 1.29 is 27.5 Å². The normalized spacial score (nSPS) is 14.5. The third-order valence-corrected chi connectivity index (χ3v) is 7.99. The molecule has 0 radical (unpaired) electrons. The highest BCUT2D eigenvalue weighted by Crippen LogP contribution is 2.30. The molecule has 1 fully saturated rings. The summed E-state index contributed by atoms with van der Waals surface area (Å²) in [6, 6.07) is 14.0. The fourth-order valence-corrected chi connectivity index (χ4v) is 5.77. The molecule has 0 bridgehead atoms. The predicted molar refractivity (Wildman–Crippen MR) is 127 cm³/mol. The first-order valence-corrected chi connectivity index (χ1v) is 13.1. The number of carbonyl (C=O) groups excluding carboxylic acids is 2. The molecule has 10 heteroatoms. The van der Waals surface area contributed by atoms with Gasteiger partial charge < -0.3 is 14.8 Å². The summed E-state index contributed by atoms with van der Waals surface area (Å²) in [4.78, 5) is 25.4. The molecule has 1 heterocycles. The van der Waals surface area contributed by atoms with Crippen LogP contribution in [0.25, 0.3) is 0 Å². The minimum Gasteiger partial charge on any atom is -0.495 e. The minimum atomic E-state index is -3.67. The number of esters is 1. The Labute approximate surface area is 198 Å². The van der Waals surface area contributed by atoms with Crippen LogP contribution in [0.2, 0.25) is 0 Å². The number of benzene rings is 2. The molecule has 33 heavy (non-hydrogen) atoms. The average Bonchev–Trinajstić information content (AvgIpc) is 2.84. The Hall–Kier alpha value is -2.56. The largest absolute Gasteiger partial charge is 0.495 e. The van der Waals surface area contributed by atoms with E-state index in [2.05, 4.69) is 5.32 Å². The summed E-state index contributed by atoms with van der Waals surface area (Å²) in [6.45, 7) is 0.490. The smallest absolute Gasteiger partial charge is 0.307 e. The fraction of sp³-hybridized carbons (Fsp3) is 0.391. The van der Waals surface area contributed by atoms with E-state index < -0.39 is 28.5 Å². The Kier molecular flexibility index (Phi) is 9.16. The number of ether oxygens (including phenoxy) is 2. The Balaban J connectivity index is 1.54. The van der Waals surface area contributed by atoms with Gasteiger partial charge in [0, 0.05) is 23.7 Å². The Morgan fingerprint density at radius 3 is 2.48 bits per heavy atom. The second-order valence-electron chi connectivity index (χ2n) is 7.45. The van der Waals surface area contributed by atoms with Crippen molar-refractivity contribution in [2.75, 3.05) is 37.9 Å². The van der Waals surface area contributed by atoms with Crippen molar-refractivity contribution in [1.29, 1.82) is 0 Å². The van der Waals surface area contributed by atoms with Crippen molar-refractivity contribution in [3.8, 4) is 5.75 Å². The molecule has 0 unspecified atom stereocenters. The lowest BCUT2D eigenvalue weighted by Crippen LogP contribution is -2.35. The van der Waals surface area contributed by atoms with Crippen molar-refractivity contribution in [1.82, 2.24) is 4.31 Å². The van der Waals surface area contributed by atoms with Gasteiger partial charge in [-0.25, -0.2) is 8.42 Å². The maximum absolute atomic E-state index is 12.9. The summed E-state index contributed by atoms with van der Waals surface area (Å²) < 4.78 is 37.6. The number of piperidine rings is 1. The van der Waals surface area contributed by atoms with E-state index in [9.17, 15) is 18.0 Å². The van der Waals surface area contributed by atoms with Crippen LogP contribution >= 0.6 is 11.8 Å². The molecular formula is C23H28N2O6S2. The summed E-state index contributed by atoms with van der Waals surface area (Å²) in [5.74, 6) is -0.215. The van der Waals surface area contributed by atoms with Crippen molar-refractivity contribution in [3.63, 3.8) is 0 Å². The summed E-state index contributed by atoms with van der Waals surface area (Å²) in [6.07, 6.45) is 2.84. The molecule has 0 aliphatic carbocycles. The van der Waals surface area contributed by atoms with Gasteiger partial charge >= 0.3 is 5.97 Å². The molecule has 1 N–H and O–H groups in total. The van der Waals surface area contributed by atoms with Crippen LogP contribution < -0.4 is 10.1 Å². The van der Waals surface area contributed by atoms with Crippen LogP contribution in [0.5, 0.6) is 5.75 Å². The molecule has 0 saturated carbocycles. The lowest BCUT2D eigenvalue weighted by Gasteiger charge is -2.26. The van der Waals surface area contributed by atoms with Crippen LogP contribution in [0.1, 0.15) is 25.7 Å². The molecule has 3 rings (SSSR count).